The fraction of sp³-hybridized carbons (Fsp3) is 0.286. The number of aromatic nitrogens is 5. The fourth-order valence-corrected chi connectivity index (χ4v) is 1.09. The third-order valence-electron chi connectivity index (χ3n) is 1.77. The number of aliphatic hydroxyl groups is 1. The van der Waals surface area contributed by atoms with E-state index in [-0.39, 0.29) is 0 Å². The summed E-state index contributed by atoms with van der Waals surface area (Å²) >= 11 is 0. The van der Waals surface area contributed by atoms with Crippen molar-refractivity contribution in [2.45, 2.75) is 6.10 Å². The molecule has 2 N–H and O–H groups in total. The Morgan fingerprint density at radius 2 is 2.46 bits per heavy atom. The molecule has 2 rings (SSSR count). The zero-order valence-electron chi connectivity index (χ0n) is 7.05. The molecule has 0 aliphatic rings. The largest absolute Gasteiger partial charge is 0.377 e. The molecule has 0 spiro atoms. The van der Waals surface area contributed by atoms with E-state index in [0.717, 1.165) is 0 Å². The van der Waals surface area contributed by atoms with Crippen molar-refractivity contribution in [2.24, 2.45) is 7.05 Å². The number of rotatable bonds is 2. The molecule has 2 aromatic heterocycles. The van der Waals surface area contributed by atoms with Crippen molar-refractivity contribution in [2.75, 3.05) is 0 Å². The number of H-pyrrole nitrogens is 1. The average Bonchev–Trinajstić information content (AvgIpc) is 2.72. The molecule has 0 bridgehead atoms. The zero-order valence-corrected chi connectivity index (χ0v) is 7.05. The van der Waals surface area contributed by atoms with Crippen LogP contribution in [-0.2, 0) is 7.05 Å². The van der Waals surface area contributed by atoms with Gasteiger partial charge in [-0.3, -0.25) is 0 Å². The van der Waals surface area contributed by atoms with Crippen molar-refractivity contribution in [3.8, 4) is 0 Å². The summed E-state index contributed by atoms with van der Waals surface area (Å²) in [6.45, 7) is 0. The van der Waals surface area contributed by atoms with Gasteiger partial charge in [-0.1, -0.05) is 0 Å². The highest BCUT2D eigenvalue weighted by Gasteiger charge is 2.17. The van der Waals surface area contributed by atoms with Crippen molar-refractivity contribution in [3.63, 3.8) is 0 Å². The molecule has 2 heterocycles. The van der Waals surface area contributed by atoms with Gasteiger partial charge < -0.3 is 14.7 Å². The van der Waals surface area contributed by atoms with Crippen molar-refractivity contribution in [3.05, 3.63) is 30.4 Å². The summed E-state index contributed by atoms with van der Waals surface area (Å²) in [5, 5.41) is 17.2. The third kappa shape index (κ3) is 1.31. The molecule has 0 fully saturated rings. The number of aryl methyl sites for hydroxylation is 1. The van der Waals surface area contributed by atoms with Crippen LogP contribution in [0.15, 0.2) is 18.7 Å². The van der Waals surface area contributed by atoms with Crippen LogP contribution in [0.1, 0.15) is 17.8 Å². The molecule has 13 heavy (non-hydrogen) atoms. The molecule has 6 heteroatoms. The summed E-state index contributed by atoms with van der Waals surface area (Å²) in [4.78, 5) is 6.74. The minimum atomic E-state index is -0.845. The molecule has 0 radical (unpaired) electrons. The molecule has 1 atom stereocenters. The van der Waals surface area contributed by atoms with Crippen molar-refractivity contribution >= 4 is 0 Å². The summed E-state index contributed by atoms with van der Waals surface area (Å²) in [5.41, 5.74) is 0. The molecule has 0 aliphatic carbocycles. The van der Waals surface area contributed by atoms with Gasteiger partial charge in [0, 0.05) is 19.4 Å². The quantitative estimate of drug-likeness (QED) is 0.658. The monoisotopic (exact) mass is 179 g/mol. The number of aliphatic hydroxyl groups excluding tert-OH is 1. The number of hydrogen-bond donors (Lipinski definition) is 2. The van der Waals surface area contributed by atoms with Crippen molar-refractivity contribution in [1.82, 2.24) is 24.7 Å². The lowest BCUT2D eigenvalue weighted by Crippen LogP contribution is -2.08. The van der Waals surface area contributed by atoms with E-state index in [9.17, 15) is 5.11 Å². The zero-order chi connectivity index (χ0) is 9.26. The second-order valence-corrected chi connectivity index (χ2v) is 2.68. The Kier molecular flexibility index (Phi) is 1.82. The van der Waals surface area contributed by atoms with Crippen LogP contribution in [0.4, 0.5) is 0 Å². The minimum absolute atomic E-state index is 0.468. The van der Waals surface area contributed by atoms with Gasteiger partial charge in [0.2, 0.25) is 0 Å². The van der Waals surface area contributed by atoms with Gasteiger partial charge in [0.15, 0.2) is 11.9 Å². The van der Waals surface area contributed by atoms with E-state index in [1.54, 1.807) is 24.0 Å². The summed E-state index contributed by atoms with van der Waals surface area (Å²) in [6.07, 6.45) is 3.91. The van der Waals surface area contributed by atoms with Crippen LogP contribution < -0.4 is 0 Å². The normalized spacial score (nSPS) is 13.1. The first-order valence-corrected chi connectivity index (χ1v) is 3.80. The van der Waals surface area contributed by atoms with Crippen LogP contribution in [0.3, 0.4) is 0 Å². The molecule has 0 saturated carbocycles. The Labute approximate surface area is 74.3 Å². The molecule has 68 valence electrons. The van der Waals surface area contributed by atoms with Gasteiger partial charge in [-0.15, -0.1) is 10.2 Å². The first-order valence-electron chi connectivity index (χ1n) is 3.80. The highest BCUT2D eigenvalue weighted by molar-refractivity contribution is 5.05. The standard InChI is InChI=1S/C7H9N5O/c1-12-4-10-11-7(12)5(13)6-8-2-3-9-6/h2-5,13H,1H3,(H,8,9). The Morgan fingerprint density at radius 1 is 1.62 bits per heavy atom. The first kappa shape index (κ1) is 7.93. The lowest BCUT2D eigenvalue weighted by molar-refractivity contribution is 0.196. The molecule has 0 aliphatic heterocycles. The van der Waals surface area contributed by atoms with Crippen LogP contribution in [-0.4, -0.2) is 29.8 Å². The van der Waals surface area contributed by atoms with E-state index in [2.05, 4.69) is 20.2 Å². The molecular formula is C7H9N5O. The molecule has 2 aromatic rings. The molecule has 1 unspecified atom stereocenters. The first-order chi connectivity index (χ1) is 6.29. The molecule has 0 amide bonds. The maximum Gasteiger partial charge on any atom is 0.171 e. The Bertz CT molecular complexity index is 379. The van der Waals surface area contributed by atoms with Gasteiger partial charge >= 0.3 is 0 Å². The predicted octanol–water partition coefficient (Wildman–Crippen LogP) is -0.380. The minimum Gasteiger partial charge on any atom is -0.377 e. The van der Waals surface area contributed by atoms with Crippen molar-refractivity contribution in [1.29, 1.82) is 0 Å². The summed E-state index contributed by atoms with van der Waals surface area (Å²) in [6, 6.07) is 0. The highest BCUT2D eigenvalue weighted by atomic mass is 16.3. The number of nitrogens with one attached hydrogen (secondary N) is 1. The SMILES string of the molecule is Cn1cnnc1C(O)c1ncc[nH]1. The molecular weight excluding hydrogens is 170 g/mol. The fourth-order valence-electron chi connectivity index (χ4n) is 1.09. The van der Waals surface area contributed by atoms with Crippen LogP contribution in [0.25, 0.3) is 0 Å². The van der Waals surface area contributed by atoms with E-state index in [0.29, 0.717) is 11.6 Å². The van der Waals surface area contributed by atoms with Gasteiger partial charge in [0.25, 0.3) is 0 Å². The number of hydrogen-bond acceptors (Lipinski definition) is 4. The number of nitrogens with zero attached hydrogens (tertiary/aromatic N) is 4. The maximum atomic E-state index is 9.73. The predicted molar refractivity (Wildman–Crippen MR) is 43.7 cm³/mol. The molecule has 6 nitrogen and oxygen atoms in total. The van der Waals surface area contributed by atoms with Crippen LogP contribution >= 0.6 is 0 Å². The van der Waals surface area contributed by atoms with Gasteiger partial charge in [0.1, 0.15) is 12.2 Å². The van der Waals surface area contributed by atoms with Gasteiger partial charge in [-0.25, -0.2) is 4.98 Å². The Hall–Kier alpha value is -1.69. The second-order valence-electron chi connectivity index (χ2n) is 2.68. The van der Waals surface area contributed by atoms with E-state index < -0.39 is 6.10 Å². The highest BCUT2D eigenvalue weighted by Crippen LogP contribution is 2.14. The van der Waals surface area contributed by atoms with Crippen LogP contribution in [0.5, 0.6) is 0 Å². The van der Waals surface area contributed by atoms with Crippen LogP contribution in [0, 0.1) is 0 Å². The number of aromatic amines is 1. The summed E-state index contributed by atoms with van der Waals surface area (Å²) in [5.74, 6) is 0.936. The number of imidazole rings is 1. The molecule has 0 aromatic carbocycles. The Balaban J connectivity index is 2.33. The smallest absolute Gasteiger partial charge is 0.171 e. The average molecular weight is 179 g/mol. The third-order valence-corrected chi connectivity index (χ3v) is 1.77. The van der Waals surface area contributed by atoms with Crippen LogP contribution in [0.2, 0.25) is 0 Å². The van der Waals surface area contributed by atoms with E-state index in [1.165, 1.54) is 6.33 Å². The topological polar surface area (TPSA) is 79.6 Å². The maximum absolute atomic E-state index is 9.73. The van der Waals surface area contributed by atoms with Gasteiger partial charge in [0.05, 0.1) is 0 Å². The lowest BCUT2D eigenvalue weighted by Gasteiger charge is -2.05. The van der Waals surface area contributed by atoms with Gasteiger partial charge in [-0.2, -0.15) is 0 Å². The second kappa shape index (κ2) is 2.98. The van der Waals surface area contributed by atoms with Crippen molar-refractivity contribution < 1.29 is 5.11 Å². The van der Waals surface area contributed by atoms with E-state index in [1.807, 2.05) is 0 Å². The molecule has 0 saturated heterocycles. The summed E-state index contributed by atoms with van der Waals surface area (Å²) < 4.78 is 1.65. The van der Waals surface area contributed by atoms with Gasteiger partial charge in [-0.05, 0) is 0 Å². The lowest BCUT2D eigenvalue weighted by atomic mass is 10.3. The van der Waals surface area contributed by atoms with E-state index in [4.69, 9.17) is 0 Å². The summed E-state index contributed by atoms with van der Waals surface area (Å²) in [7, 11) is 1.77. The Morgan fingerprint density at radius 3 is 3.00 bits per heavy atom. The van der Waals surface area contributed by atoms with E-state index >= 15 is 0 Å².